The zero-order valence-electron chi connectivity index (χ0n) is 14.3. The average molecular weight is 310 g/mol. The second-order valence-corrected chi connectivity index (χ2v) is 6.49. The van der Waals surface area contributed by atoms with Gasteiger partial charge in [-0.25, -0.2) is 0 Å². The van der Waals surface area contributed by atoms with E-state index in [9.17, 15) is 4.79 Å². The number of hydrogen-bond donors (Lipinski definition) is 1. The number of carboxylic acids is 1. The Labute approximate surface area is 136 Å². The summed E-state index contributed by atoms with van der Waals surface area (Å²) in [6, 6.07) is 0. The predicted molar refractivity (Wildman–Crippen MR) is 91.1 cm³/mol. The molecule has 1 heterocycles. The summed E-state index contributed by atoms with van der Waals surface area (Å²) in [5.41, 5.74) is 0. The van der Waals surface area contributed by atoms with Crippen LogP contribution in [0.4, 0.5) is 0 Å². The third-order valence-electron chi connectivity index (χ3n) is 4.50. The monoisotopic (exact) mass is 310 g/mol. The fourth-order valence-corrected chi connectivity index (χ4v) is 3.12. The molecule has 0 aliphatic carbocycles. The number of carbonyl (C=O) groups is 1. The van der Waals surface area contributed by atoms with Gasteiger partial charge in [-0.1, -0.05) is 57.6 Å². The Morgan fingerprint density at radius 1 is 1.14 bits per heavy atom. The van der Waals surface area contributed by atoms with E-state index in [0.717, 1.165) is 45.1 Å². The molecule has 2 atom stereocenters. The van der Waals surface area contributed by atoms with Gasteiger partial charge in [-0.05, 0) is 32.1 Å². The normalized spacial score (nSPS) is 21.7. The van der Waals surface area contributed by atoms with E-state index in [2.05, 4.69) is 19.1 Å². The highest BCUT2D eigenvalue weighted by Crippen LogP contribution is 2.27. The third kappa shape index (κ3) is 9.24. The van der Waals surface area contributed by atoms with Crippen molar-refractivity contribution in [1.82, 2.24) is 0 Å². The molecule has 0 unspecified atom stereocenters. The van der Waals surface area contributed by atoms with E-state index in [1.807, 2.05) is 0 Å². The lowest BCUT2D eigenvalue weighted by atomic mass is 9.95. The van der Waals surface area contributed by atoms with Crippen LogP contribution in [0.3, 0.4) is 0 Å². The van der Waals surface area contributed by atoms with Gasteiger partial charge in [0.15, 0.2) is 0 Å². The molecule has 1 saturated heterocycles. The zero-order chi connectivity index (χ0) is 16.0. The van der Waals surface area contributed by atoms with Crippen LogP contribution in [0.15, 0.2) is 12.2 Å². The fraction of sp³-hybridized carbons (Fsp3) is 0.842. The molecule has 0 aromatic heterocycles. The van der Waals surface area contributed by atoms with Crippen molar-refractivity contribution in [2.75, 3.05) is 6.61 Å². The molecule has 1 rings (SSSR count). The predicted octanol–water partition coefficient (Wildman–Crippen LogP) is 5.34. The van der Waals surface area contributed by atoms with Gasteiger partial charge in [-0.15, -0.1) is 0 Å². The van der Waals surface area contributed by atoms with Gasteiger partial charge in [-0.2, -0.15) is 0 Å². The van der Waals surface area contributed by atoms with Crippen LogP contribution < -0.4 is 0 Å². The Hall–Kier alpha value is -0.830. The van der Waals surface area contributed by atoms with E-state index in [0.29, 0.717) is 18.4 Å². The molecular weight excluding hydrogens is 276 g/mol. The molecule has 0 aromatic rings. The molecule has 3 heteroatoms. The SMILES string of the molecule is CCCCCCC=C[C@H]1CCO[C@@H]1CCCCCCC(=O)O. The van der Waals surface area contributed by atoms with Crippen molar-refractivity contribution in [1.29, 1.82) is 0 Å². The first-order valence-corrected chi connectivity index (χ1v) is 9.24. The van der Waals surface area contributed by atoms with Gasteiger partial charge in [0.25, 0.3) is 0 Å². The number of rotatable bonds is 13. The highest BCUT2D eigenvalue weighted by molar-refractivity contribution is 5.66. The Balaban J connectivity index is 2.07. The van der Waals surface area contributed by atoms with Crippen LogP contribution in [-0.4, -0.2) is 23.8 Å². The summed E-state index contributed by atoms with van der Waals surface area (Å²) in [5, 5.41) is 8.60. The van der Waals surface area contributed by atoms with Crippen molar-refractivity contribution >= 4 is 5.97 Å². The van der Waals surface area contributed by atoms with E-state index in [1.165, 1.54) is 32.1 Å². The van der Waals surface area contributed by atoms with Crippen LogP contribution in [0.25, 0.3) is 0 Å². The maximum absolute atomic E-state index is 10.4. The second-order valence-electron chi connectivity index (χ2n) is 6.49. The minimum Gasteiger partial charge on any atom is -0.481 e. The lowest BCUT2D eigenvalue weighted by Gasteiger charge is -2.15. The number of hydrogen-bond acceptors (Lipinski definition) is 2. The van der Waals surface area contributed by atoms with Crippen molar-refractivity contribution in [2.24, 2.45) is 5.92 Å². The van der Waals surface area contributed by atoms with Crippen molar-refractivity contribution in [2.45, 2.75) is 90.1 Å². The van der Waals surface area contributed by atoms with Gasteiger partial charge in [0, 0.05) is 18.9 Å². The Bertz CT molecular complexity index is 312. The molecule has 0 aromatic carbocycles. The van der Waals surface area contributed by atoms with E-state index in [-0.39, 0.29) is 0 Å². The Morgan fingerprint density at radius 2 is 1.91 bits per heavy atom. The van der Waals surface area contributed by atoms with Gasteiger partial charge in [-0.3, -0.25) is 4.79 Å². The molecule has 128 valence electrons. The fourth-order valence-electron chi connectivity index (χ4n) is 3.12. The van der Waals surface area contributed by atoms with E-state index < -0.39 is 5.97 Å². The van der Waals surface area contributed by atoms with Crippen LogP contribution in [-0.2, 0) is 9.53 Å². The third-order valence-corrected chi connectivity index (χ3v) is 4.50. The molecule has 1 fully saturated rings. The summed E-state index contributed by atoms with van der Waals surface area (Å²) in [4.78, 5) is 10.4. The molecule has 1 aliphatic rings. The number of unbranched alkanes of at least 4 members (excludes halogenated alkanes) is 7. The number of aliphatic carboxylic acids is 1. The van der Waals surface area contributed by atoms with Crippen molar-refractivity contribution in [3.05, 3.63) is 12.2 Å². The van der Waals surface area contributed by atoms with Crippen molar-refractivity contribution in [3.63, 3.8) is 0 Å². The summed E-state index contributed by atoms with van der Waals surface area (Å²) < 4.78 is 5.86. The van der Waals surface area contributed by atoms with Crippen LogP contribution in [0, 0.1) is 5.92 Å². The van der Waals surface area contributed by atoms with E-state index in [4.69, 9.17) is 9.84 Å². The number of allylic oxidation sites excluding steroid dienone is 1. The van der Waals surface area contributed by atoms with Crippen molar-refractivity contribution in [3.8, 4) is 0 Å². The van der Waals surface area contributed by atoms with Gasteiger partial charge in [0.1, 0.15) is 0 Å². The number of ether oxygens (including phenoxy) is 1. The van der Waals surface area contributed by atoms with Gasteiger partial charge in [0.05, 0.1) is 6.10 Å². The molecule has 0 bridgehead atoms. The van der Waals surface area contributed by atoms with Crippen LogP contribution >= 0.6 is 0 Å². The second kappa shape index (κ2) is 12.7. The maximum atomic E-state index is 10.4. The van der Waals surface area contributed by atoms with E-state index in [1.54, 1.807) is 0 Å². The first kappa shape index (κ1) is 19.2. The van der Waals surface area contributed by atoms with Gasteiger partial charge >= 0.3 is 5.97 Å². The summed E-state index contributed by atoms with van der Waals surface area (Å²) in [6.45, 7) is 3.15. The highest BCUT2D eigenvalue weighted by Gasteiger charge is 2.25. The minimum atomic E-state index is -0.678. The topological polar surface area (TPSA) is 46.5 Å². The highest BCUT2D eigenvalue weighted by atomic mass is 16.5. The molecule has 22 heavy (non-hydrogen) atoms. The molecule has 0 radical (unpaired) electrons. The molecular formula is C19H34O3. The molecule has 1 aliphatic heterocycles. The molecule has 1 N–H and O–H groups in total. The largest absolute Gasteiger partial charge is 0.481 e. The summed E-state index contributed by atoms with van der Waals surface area (Å²) in [7, 11) is 0. The minimum absolute atomic E-state index is 0.309. The zero-order valence-corrected chi connectivity index (χ0v) is 14.3. The first-order valence-electron chi connectivity index (χ1n) is 9.24. The van der Waals surface area contributed by atoms with Crippen LogP contribution in [0.2, 0.25) is 0 Å². The lowest BCUT2D eigenvalue weighted by Crippen LogP contribution is -2.13. The van der Waals surface area contributed by atoms with Crippen LogP contribution in [0.5, 0.6) is 0 Å². The lowest BCUT2D eigenvalue weighted by molar-refractivity contribution is -0.137. The van der Waals surface area contributed by atoms with Gasteiger partial charge in [0.2, 0.25) is 0 Å². The smallest absolute Gasteiger partial charge is 0.303 e. The average Bonchev–Trinajstić information content (AvgIpc) is 2.93. The molecule has 0 amide bonds. The standard InChI is InChI=1S/C19H34O3/c1-2-3-4-5-6-9-12-17-15-16-22-18(17)13-10-7-8-11-14-19(20)21/h9,12,17-18H,2-8,10-11,13-16H2,1H3,(H,20,21)/t17-,18+/m0/s1. The first-order chi connectivity index (χ1) is 10.7. The maximum Gasteiger partial charge on any atom is 0.303 e. The molecule has 3 nitrogen and oxygen atoms in total. The summed E-state index contributed by atoms with van der Waals surface area (Å²) in [5.74, 6) is -0.0755. The van der Waals surface area contributed by atoms with E-state index >= 15 is 0 Å². The Kier molecular flexibility index (Phi) is 11.1. The summed E-state index contributed by atoms with van der Waals surface area (Å²) >= 11 is 0. The van der Waals surface area contributed by atoms with Crippen LogP contribution in [0.1, 0.15) is 84.0 Å². The number of carboxylic acid groups (broad SMARTS) is 1. The quantitative estimate of drug-likeness (QED) is 0.369. The molecule has 0 saturated carbocycles. The van der Waals surface area contributed by atoms with Crippen molar-refractivity contribution < 1.29 is 14.6 Å². The van der Waals surface area contributed by atoms with Gasteiger partial charge < -0.3 is 9.84 Å². The molecule has 0 spiro atoms. The Morgan fingerprint density at radius 3 is 2.68 bits per heavy atom. The summed E-state index contributed by atoms with van der Waals surface area (Å²) in [6.07, 6.45) is 18.4.